The van der Waals surface area contributed by atoms with E-state index in [4.69, 9.17) is 0 Å². The molecule has 4 heterocycles. The molecule has 2 fully saturated rings. The zero-order chi connectivity index (χ0) is 28.4. The van der Waals surface area contributed by atoms with Gasteiger partial charge in [0.1, 0.15) is 17.7 Å². The topological polar surface area (TPSA) is 71.7 Å². The smallest absolute Gasteiger partial charge is 0.353 e. The van der Waals surface area contributed by atoms with Crippen LogP contribution in [-0.4, -0.2) is 48.2 Å². The van der Waals surface area contributed by atoms with E-state index in [-0.39, 0.29) is 16.6 Å². The molecule has 12 heteroatoms. The average Bonchev–Trinajstić information content (AvgIpc) is 3.48. The number of hydrogen-bond donors (Lipinski definition) is 1. The molecule has 0 radical (unpaired) electrons. The zero-order valence-corrected chi connectivity index (χ0v) is 22.1. The molecule has 0 spiro atoms. The summed E-state index contributed by atoms with van der Waals surface area (Å²) >= 11 is 0. The van der Waals surface area contributed by atoms with Crippen molar-refractivity contribution in [3.8, 4) is 5.69 Å². The van der Waals surface area contributed by atoms with Crippen LogP contribution < -0.4 is 5.56 Å². The Kier molecular flexibility index (Phi) is 6.17. The van der Waals surface area contributed by atoms with Crippen LogP contribution in [0.4, 0.5) is 22.0 Å². The Hall–Kier alpha value is -3.54. The largest absolute Gasteiger partial charge is 0.418 e. The van der Waals surface area contributed by atoms with Crippen LogP contribution in [0.25, 0.3) is 16.6 Å². The van der Waals surface area contributed by atoms with E-state index < -0.39 is 41.5 Å². The number of H-pyrrole nitrogens is 1. The molecule has 0 amide bonds. The molecule has 40 heavy (non-hydrogen) atoms. The van der Waals surface area contributed by atoms with Crippen LogP contribution in [0.3, 0.4) is 0 Å². The highest BCUT2D eigenvalue weighted by Gasteiger charge is 2.60. The maximum atomic E-state index is 14.3. The first-order valence-corrected chi connectivity index (χ1v) is 13.3. The number of rotatable bonds is 5. The number of aromatic nitrogens is 5. The van der Waals surface area contributed by atoms with Crippen molar-refractivity contribution < 1.29 is 22.0 Å². The van der Waals surface area contributed by atoms with Gasteiger partial charge in [-0.25, -0.2) is 8.78 Å². The third-order valence-corrected chi connectivity index (χ3v) is 8.23. The van der Waals surface area contributed by atoms with Crippen molar-refractivity contribution in [1.82, 2.24) is 29.2 Å². The van der Waals surface area contributed by atoms with E-state index >= 15 is 0 Å². The van der Waals surface area contributed by atoms with Crippen LogP contribution in [0, 0.1) is 5.92 Å². The molecule has 1 aliphatic heterocycles. The fraction of sp³-hybridized carbons (Fsp3) is 0.464. The molecule has 1 aromatic carbocycles. The van der Waals surface area contributed by atoms with Crippen molar-refractivity contribution in [1.29, 1.82) is 0 Å². The predicted molar refractivity (Wildman–Crippen MR) is 139 cm³/mol. The standard InChI is InChI=1S/C28H29F5N6O/c1-17-5-4-8-38(11-17)12-19-10-21-22(28(31,32)33)13-39(24(40)23(21)35-19)20-7-3-6-18(9-20)26(14-27(29,30)15-26)25-36-34-16-37(25)2/h3,6-7,9-10,13,16-17,35H,4-5,8,11-12,14-15H2,1-2H3/t17-/m0/s1. The first-order chi connectivity index (χ1) is 18.9. The van der Waals surface area contributed by atoms with Crippen molar-refractivity contribution in [2.45, 2.75) is 56.7 Å². The molecule has 6 rings (SSSR count). The lowest BCUT2D eigenvalue weighted by atomic mass is 9.61. The Balaban J connectivity index is 1.45. The Bertz CT molecular complexity index is 1630. The molecule has 4 aromatic rings. The van der Waals surface area contributed by atoms with Gasteiger partial charge < -0.3 is 9.55 Å². The molecule has 1 N–H and O–H groups in total. The Morgan fingerprint density at radius 1 is 1.18 bits per heavy atom. The van der Waals surface area contributed by atoms with Gasteiger partial charge in [0.25, 0.3) is 11.5 Å². The summed E-state index contributed by atoms with van der Waals surface area (Å²) in [5, 5.41) is 7.73. The van der Waals surface area contributed by atoms with E-state index in [9.17, 15) is 26.7 Å². The minimum atomic E-state index is -4.72. The maximum Gasteiger partial charge on any atom is 0.418 e. The van der Waals surface area contributed by atoms with E-state index in [2.05, 4.69) is 27.0 Å². The lowest BCUT2D eigenvalue weighted by molar-refractivity contribution is -0.136. The number of hydrogen-bond acceptors (Lipinski definition) is 4. The van der Waals surface area contributed by atoms with Crippen molar-refractivity contribution in [2.75, 3.05) is 13.1 Å². The second-order valence-electron chi connectivity index (χ2n) is 11.4. The SMILES string of the molecule is C[C@H]1CCCN(Cc2cc3c(C(F)(F)F)cn(-c4cccc(C5(c6nncn6C)CC(F)(F)C5)c4)c(=O)c3[nH]2)C1. The van der Waals surface area contributed by atoms with Crippen molar-refractivity contribution in [2.24, 2.45) is 13.0 Å². The van der Waals surface area contributed by atoms with Gasteiger partial charge >= 0.3 is 6.18 Å². The molecular weight excluding hydrogens is 531 g/mol. The van der Waals surface area contributed by atoms with Crippen LogP contribution in [0.15, 0.2) is 47.7 Å². The molecule has 1 saturated heterocycles. The number of pyridine rings is 1. The highest BCUT2D eigenvalue weighted by Crippen LogP contribution is 2.56. The minimum absolute atomic E-state index is 0.140. The molecule has 3 aromatic heterocycles. The van der Waals surface area contributed by atoms with E-state index in [1.165, 1.54) is 24.5 Å². The normalized spacial score (nSPS) is 21.0. The molecule has 0 unspecified atom stereocenters. The third-order valence-electron chi connectivity index (χ3n) is 8.23. The van der Waals surface area contributed by atoms with Gasteiger partial charge in [-0.2, -0.15) is 13.2 Å². The van der Waals surface area contributed by atoms with E-state index in [1.807, 2.05) is 0 Å². The monoisotopic (exact) mass is 560 g/mol. The van der Waals surface area contributed by atoms with Crippen LogP contribution in [-0.2, 0) is 25.2 Å². The van der Waals surface area contributed by atoms with Crippen molar-refractivity contribution in [3.05, 3.63) is 75.9 Å². The van der Waals surface area contributed by atoms with Crippen LogP contribution in [0.2, 0.25) is 0 Å². The first kappa shape index (κ1) is 26.7. The zero-order valence-electron chi connectivity index (χ0n) is 22.1. The van der Waals surface area contributed by atoms with E-state index in [1.54, 1.807) is 23.7 Å². The molecule has 0 bridgehead atoms. The highest BCUT2D eigenvalue weighted by atomic mass is 19.4. The highest BCUT2D eigenvalue weighted by molar-refractivity contribution is 5.84. The summed E-state index contributed by atoms with van der Waals surface area (Å²) in [5.41, 5.74) is -1.80. The number of nitrogens with one attached hydrogen (secondary N) is 1. The number of halogens is 5. The minimum Gasteiger partial charge on any atom is -0.353 e. The summed E-state index contributed by atoms with van der Waals surface area (Å²) in [7, 11) is 1.65. The quantitative estimate of drug-likeness (QED) is 0.331. The Labute approximate surface area is 226 Å². The number of fused-ring (bicyclic) bond motifs is 1. The predicted octanol–water partition coefficient (Wildman–Crippen LogP) is 5.41. The Morgan fingerprint density at radius 3 is 2.60 bits per heavy atom. The van der Waals surface area contributed by atoms with Gasteiger partial charge in [0.2, 0.25) is 0 Å². The van der Waals surface area contributed by atoms with Gasteiger partial charge in [-0.3, -0.25) is 14.3 Å². The average molecular weight is 561 g/mol. The molecule has 212 valence electrons. The lowest BCUT2D eigenvalue weighted by Crippen LogP contribution is -2.51. The molecular formula is C28H29F5N6O. The van der Waals surface area contributed by atoms with Crippen molar-refractivity contribution >= 4 is 10.9 Å². The summed E-state index contributed by atoms with van der Waals surface area (Å²) in [4.78, 5) is 18.7. The van der Waals surface area contributed by atoms with E-state index in [0.29, 0.717) is 29.5 Å². The van der Waals surface area contributed by atoms with Gasteiger partial charge in [0, 0.05) is 55.9 Å². The number of aromatic amines is 1. The summed E-state index contributed by atoms with van der Waals surface area (Å²) in [5.74, 6) is -2.10. The molecule has 1 atom stereocenters. The number of likely N-dealkylation sites (tertiary alicyclic amines) is 1. The second-order valence-corrected chi connectivity index (χ2v) is 11.4. The molecule has 1 aliphatic carbocycles. The molecule has 7 nitrogen and oxygen atoms in total. The Morgan fingerprint density at radius 2 is 1.95 bits per heavy atom. The maximum absolute atomic E-state index is 14.3. The summed E-state index contributed by atoms with van der Waals surface area (Å²) in [6.07, 6.45) is -1.42. The van der Waals surface area contributed by atoms with Gasteiger partial charge in [-0.15, -0.1) is 10.2 Å². The summed E-state index contributed by atoms with van der Waals surface area (Å²) in [6.45, 7) is 4.24. The first-order valence-electron chi connectivity index (χ1n) is 13.3. The van der Waals surface area contributed by atoms with Gasteiger partial charge in [-0.05, 0) is 49.1 Å². The van der Waals surface area contributed by atoms with Crippen LogP contribution >= 0.6 is 0 Å². The number of nitrogens with zero attached hydrogens (tertiary/aromatic N) is 5. The van der Waals surface area contributed by atoms with Crippen LogP contribution in [0.1, 0.15) is 55.3 Å². The van der Waals surface area contributed by atoms with Crippen LogP contribution in [0.5, 0.6) is 0 Å². The van der Waals surface area contributed by atoms with Crippen molar-refractivity contribution in [3.63, 3.8) is 0 Å². The number of aryl methyl sites for hydroxylation is 1. The number of piperidine rings is 1. The lowest BCUT2D eigenvalue weighted by Gasteiger charge is -2.46. The fourth-order valence-corrected chi connectivity index (χ4v) is 6.44. The second kappa shape index (κ2) is 9.25. The number of benzene rings is 1. The van der Waals surface area contributed by atoms with E-state index in [0.717, 1.165) is 36.7 Å². The fourth-order valence-electron chi connectivity index (χ4n) is 6.44. The summed E-state index contributed by atoms with van der Waals surface area (Å²) in [6, 6.07) is 7.60. The molecule has 1 saturated carbocycles. The van der Waals surface area contributed by atoms with Gasteiger partial charge in [-0.1, -0.05) is 19.1 Å². The summed E-state index contributed by atoms with van der Waals surface area (Å²) < 4.78 is 73.8. The molecule has 2 aliphatic rings. The van der Waals surface area contributed by atoms with Gasteiger partial charge in [0.15, 0.2) is 0 Å². The number of alkyl halides is 5. The third kappa shape index (κ3) is 4.51. The van der Waals surface area contributed by atoms with Gasteiger partial charge in [0.05, 0.1) is 11.0 Å².